The van der Waals surface area contributed by atoms with Crippen molar-refractivity contribution in [3.63, 3.8) is 0 Å². The van der Waals surface area contributed by atoms with Crippen molar-refractivity contribution in [2.24, 2.45) is 0 Å². The van der Waals surface area contributed by atoms with Crippen molar-refractivity contribution >= 4 is 30.3 Å². The summed E-state index contributed by atoms with van der Waals surface area (Å²) in [6.45, 7) is 7.68. The summed E-state index contributed by atoms with van der Waals surface area (Å²) >= 11 is 0. The van der Waals surface area contributed by atoms with Gasteiger partial charge < -0.3 is 10.2 Å². The predicted octanol–water partition coefficient (Wildman–Crippen LogP) is 1.29. The van der Waals surface area contributed by atoms with Gasteiger partial charge in [-0.3, -0.25) is 0 Å². The fourth-order valence-corrected chi connectivity index (χ4v) is 1.80. The predicted molar refractivity (Wildman–Crippen MR) is 71.9 cm³/mol. The van der Waals surface area contributed by atoms with Gasteiger partial charge in [0.05, 0.1) is 11.0 Å². The van der Waals surface area contributed by atoms with Crippen LogP contribution in [0.15, 0.2) is 34.7 Å². The second kappa shape index (κ2) is 3.70. The number of nitrogens with two attached hydrogens (primary N) is 1. The van der Waals surface area contributed by atoms with Crippen LogP contribution < -0.4 is 16.3 Å². The number of oxazole rings is 1. The Balaban J connectivity index is 2.21. The number of pyridine rings is 1. The Labute approximate surface area is 103 Å². The molecule has 3 aromatic rings. The summed E-state index contributed by atoms with van der Waals surface area (Å²) in [4.78, 5) is 8.49. The fraction of sp³-hybridized carbons (Fsp3) is 0. The van der Waals surface area contributed by atoms with E-state index in [0.717, 1.165) is 22.0 Å². The summed E-state index contributed by atoms with van der Waals surface area (Å²) in [5.41, 5.74) is 8.67. The molecule has 0 bridgehead atoms. The number of benzene rings is 1. The Hall–Kier alpha value is -2.62. The highest BCUT2D eigenvalue weighted by Crippen LogP contribution is 2.23. The third kappa shape index (κ3) is 1.64. The molecule has 2 heterocycles. The number of fused-ring (bicyclic) bond motifs is 1. The van der Waals surface area contributed by atoms with Crippen LogP contribution in [-0.2, 0) is 0 Å². The zero-order chi connectivity index (χ0) is 12.7. The van der Waals surface area contributed by atoms with Crippen LogP contribution in [0.4, 0.5) is 6.01 Å². The SMILES string of the molecule is C=c1ccc(-c2ccc3oc(N)nc3c2)nc1=C. The van der Waals surface area contributed by atoms with Crippen LogP contribution in [0, 0.1) is 0 Å². The lowest BCUT2D eigenvalue weighted by atomic mass is 10.1. The van der Waals surface area contributed by atoms with E-state index in [1.165, 1.54) is 0 Å². The van der Waals surface area contributed by atoms with Crippen LogP contribution in [-0.4, -0.2) is 9.97 Å². The van der Waals surface area contributed by atoms with E-state index in [0.29, 0.717) is 10.9 Å². The maximum absolute atomic E-state index is 5.51. The molecule has 4 heteroatoms. The number of aromatic nitrogens is 2. The molecule has 0 saturated heterocycles. The Morgan fingerprint density at radius 1 is 1.06 bits per heavy atom. The van der Waals surface area contributed by atoms with Crippen molar-refractivity contribution in [3.05, 3.63) is 40.9 Å². The quantitative estimate of drug-likeness (QED) is 0.692. The van der Waals surface area contributed by atoms with Crippen molar-refractivity contribution in [2.45, 2.75) is 0 Å². The summed E-state index contributed by atoms with van der Waals surface area (Å²) in [5, 5.41) is 1.50. The van der Waals surface area contributed by atoms with Gasteiger partial charge in [0, 0.05) is 5.56 Å². The summed E-state index contributed by atoms with van der Waals surface area (Å²) in [6, 6.07) is 9.60. The van der Waals surface area contributed by atoms with Crippen LogP contribution in [0.1, 0.15) is 0 Å². The van der Waals surface area contributed by atoms with Crippen LogP contribution in [0.25, 0.3) is 35.5 Å². The van der Waals surface area contributed by atoms with Gasteiger partial charge >= 0.3 is 0 Å². The molecule has 0 atom stereocenters. The standard InChI is InChI=1S/C14H11N3O/c1-8-3-5-11(16-9(8)2)10-4-6-13-12(7-10)17-14(15)18-13/h3-7H,1-2H2,(H2,15,17). The lowest BCUT2D eigenvalue weighted by Crippen LogP contribution is -2.24. The zero-order valence-electron chi connectivity index (χ0n) is 9.68. The van der Waals surface area contributed by atoms with Crippen LogP contribution >= 0.6 is 0 Å². The van der Waals surface area contributed by atoms with E-state index in [1.54, 1.807) is 0 Å². The molecule has 0 unspecified atom stereocenters. The third-order valence-electron chi connectivity index (χ3n) is 2.77. The molecule has 1 aromatic carbocycles. The van der Waals surface area contributed by atoms with Crippen molar-refractivity contribution in [1.29, 1.82) is 0 Å². The number of nitrogen functional groups attached to an aromatic ring is 1. The second-order valence-corrected chi connectivity index (χ2v) is 4.04. The molecule has 4 nitrogen and oxygen atoms in total. The zero-order valence-corrected chi connectivity index (χ0v) is 9.68. The van der Waals surface area contributed by atoms with E-state index in [1.807, 2.05) is 30.3 Å². The molecular formula is C14H11N3O. The first-order chi connectivity index (χ1) is 8.63. The summed E-state index contributed by atoms with van der Waals surface area (Å²) < 4.78 is 5.23. The maximum atomic E-state index is 5.51. The molecule has 2 aromatic heterocycles. The highest BCUT2D eigenvalue weighted by Gasteiger charge is 2.05. The first-order valence-corrected chi connectivity index (χ1v) is 5.45. The molecule has 3 rings (SSSR count). The monoisotopic (exact) mass is 237 g/mol. The largest absolute Gasteiger partial charge is 0.424 e. The summed E-state index contributed by atoms with van der Waals surface area (Å²) in [7, 11) is 0. The van der Waals surface area contributed by atoms with E-state index >= 15 is 0 Å². The minimum Gasteiger partial charge on any atom is -0.424 e. The molecule has 88 valence electrons. The first-order valence-electron chi connectivity index (χ1n) is 5.45. The van der Waals surface area contributed by atoms with Crippen molar-refractivity contribution in [2.75, 3.05) is 5.73 Å². The molecule has 0 radical (unpaired) electrons. The highest BCUT2D eigenvalue weighted by molar-refractivity contribution is 5.80. The van der Waals surface area contributed by atoms with Crippen LogP contribution in [0.3, 0.4) is 0 Å². The van der Waals surface area contributed by atoms with Crippen molar-refractivity contribution < 1.29 is 4.42 Å². The van der Waals surface area contributed by atoms with Gasteiger partial charge in [0.25, 0.3) is 6.01 Å². The van der Waals surface area contributed by atoms with Crippen molar-refractivity contribution in [1.82, 2.24) is 9.97 Å². The van der Waals surface area contributed by atoms with Gasteiger partial charge in [0.15, 0.2) is 5.58 Å². The van der Waals surface area contributed by atoms with Gasteiger partial charge in [-0.25, -0.2) is 4.98 Å². The van der Waals surface area contributed by atoms with E-state index in [2.05, 4.69) is 23.1 Å². The average molecular weight is 237 g/mol. The topological polar surface area (TPSA) is 64.9 Å². The molecule has 0 spiro atoms. The van der Waals surface area contributed by atoms with E-state index in [-0.39, 0.29) is 6.01 Å². The second-order valence-electron chi connectivity index (χ2n) is 4.04. The smallest absolute Gasteiger partial charge is 0.292 e. The molecule has 18 heavy (non-hydrogen) atoms. The number of anilines is 1. The van der Waals surface area contributed by atoms with Gasteiger partial charge in [0.1, 0.15) is 5.52 Å². The van der Waals surface area contributed by atoms with Gasteiger partial charge in [-0.1, -0.05) is 19.2 Å². The third-order valence-corrected chi connectivity index (χ3v) is 2.77. The lowest BCUT2D eigenvalue weighted by Gasteiger charge is -2.00. The van der Waals surface area contributed by atoms with Crippen molar-refractivity contribution in [3.8, 4) is 11.3 Å². The lowest BCUT2D eigenvalue weighted by molar-refractivity contribution is 0.626. The Bertz CT molecular complexity index is 836. The molecular weight excluding hydrogens is 226 g/mol. The van der Waals surface area contributed by atoms with E-state index in [9.17, 15) is 0 Å². The number of hydrogen-bond acceptors (Lipinski definition) is 4. The first kappa shape index (κ1) is 10.5. The number of hydrogen-bond donors (Lipinski definition) is 1. The number of nitrogens with zero attached hydrogens (tertiary/aromatic N) is 2. The minimum atomic E-state index is 0.168. The fourth-order valence-electron chi connectivity index (χ4n) is 1.80. The molecule has 2 N–H and O–H groups in total. The normalized spacial score (nSPS) is 10.9. The summed E-state index contributed by atoms with van der Waals surface area (Å²) in [6.07, 6.45) is 0. The Morgan fingerprint density at radius 2 is 1.89 bits per heavy atom. The molecule has 0 saturated carbocycles. The molecule has 0 fully saturated rings. The minimum absolute atomic E-state index is 0.168. The maximum Gasteiger partial charge on any atom is 0.292 e. The highest BCUT2D eigenvalue weighted by atomic mass is 16.4. The molecule has 0 aliphatic heterocycles. The van der Waals surface area contributed by atoms with Gasteiger partial charge in [-0.2, -0.15) is 4.98 Å². The van der Waals surface area contributed by atoms with Gasteiger partial charge in [-0.15, -0.1) is 0 Å². The molecule has 0 aliphatic rings. The average Bonchev–Trinajstić information content (AvgIpc) is 2.71. The number of rotatable bonds is 1. The van der Waals surface area contributed by atoms with Crippen LogP contribution in [0.2, 0.25) is 0 Å². The molecule has 0 amide bonds. The summed E-state index contributed by atoms with van der Waals surface area (Å²) in [5.74, 6) is 0. The van der Waals surface area contributed by atoms with Gasteiger partial charge in [-0.05, 0) is 29.5 Å². The van der Waals surface area contributed by atoms with Crippen LogP contribution in [0.5, 0.6) is 0 Å². The van der Waals surface area contributed by atoms with E-state index < -0.39 is 0 Å². The molecule has 0 aliphatic carbocycles. The Morgan fingerprint density at radius 3 is 2.67 bits per heavy atom. The van der Waals surface area contributed by atoms with E-state index in [4.69, 9.17) is 10.2 Å². The Kier molecular flexibility index (Phi) is 2.16. The van der Waals surface area contributed by atoms with Gasteiger partial charge in [0.2, 0.25) is 0 Å².